The van der Waals surface area contributed by atoms with Gasteiger partial charge in [0.1, 0.15) is 11.9 Å². The van der Waals surface area contributed by atoms with Crippen molar-refractivity contribution in [3.05, 3.63) is 70.5 Å². The van der Waals surface area contributed by atoms with Gasteiger partial charge in [0, 0.05) is 11.6 Å². The maximum absolute atomic E-state index is 12.9. The molecular weight excluding hydrogens is 381 g/mol. The van der Waals surface area contributed by atoms with Crippen molar-refractivity contribution in [2.24, 2.45) is 0 Å². The summed E-state index contributed by atoms with van der Waals surface area (Å²) in [7, 11) is 0. The second kappa shape index (κ2) is 10.7. The van der Waals surface area contributed by atoms with E-state index in [4.69, 9.17) is 11.6 Å². The van der Waals surface area contributed by atoms with Gasteiger partial charge in [-0.25, -0.2) is 9.18 Å². The number of carbonyl (C=O) groups excluding carboxylic acids is 2. The van der Waals surface area contributed by atoms with E-state index in [9.17, 15) is 14.0 Å². The number of benzene rings is 2. The topological polar surface area (TPSA) is 70.2 Å². The van der Waals surface area contributed by atoms with E-state index in [2.05, 4.69) is 16.0 Å². The Labute approximate surface area is 169 Å². The molecule has 2 atom stereocenters. The highest BCUT2D eigenvalue weighted by Gasteiger charge is 2.21. The Balaban J connectivity index is 1.90. The van der Waals surface area contributed by atoms with Crippen LogP contribution < -0.4 is 16.0 Å². The second-order valence-corrected chi connectivity index (χ2v) is 7.02. The molecule has 3 N–H and O–H groups in total. The van der Waals surface area contributed by atoms with Gasteiger partial charge in [0.2, 0.25) is 5.91 Å². The quantitative estimate of drug-likeness (QED) is 0.612. The predicted molar refractivity (Wildman–Crippen MR) is 108 cm³/mol. The zero-order chi connectivity index (χ0) is 20.5. The van der Waals surface area contributed by atoms with Crippen molar-refractivity contribution in [3.8, 4) is 0 Å². The summed E-state index contributed by atoms with van der Waals surface area (Å²) in [5.74, 6) is -0.590. The molecule has 0 radical (unpaired) electrons. The Morgan fingerprint density at radius 1 is 1.11 bits per heavy atom. The molecule has 0 saturated heterocycles. The number of hydrogen-bond acceptors (Lipinski definition) is 2. The molecule has 3 amide bonds. The van der Waals surface area contributed by atoms with Crippen LogP contribution in [0.25, 0.3) is 0 Å². The number of halogens is 2. The molecule has 0 unspecified atom stereocenters. The number of hydrogen-bond donors (Lipinski definition) is 3. The first-order valence-electron chi connectivity index (χ1n) is 9.23. The lowest BCUT2D eigenvalue weighted by molar-refractivity contribution is -0.123. The molecule has 0 aliphatic heterocycles. The minimum Gasteiger partial charge on any atom is -0.348 e. The smallest absolute Gasteiger partial charge is 0.315 e. The highest BCUT2D eigenvalue weighted by Crippen LogP contribution is 2.17. The van der Waals surface area contributed by atoms with Gasteiger partial charge in [0.15, 0.2) is 0 Å². The van der Waals surface area contributed by atoms with Crippen LogP contribution in [0, 0.1) is 5.82 Å². The van der Waals surface area contributed by atoms with Crippen molar-refractivity contribution in [1.82, 2.24) is 16.0 Å². The van der Waals surface area contributed by atoms with E-state index in [1.165, 1.54) is 12.1 Å². The molecule has 2 rings (SSSR count). The first kappa shape index (κ1) is 21.7. The summed E-state index contributed by atoms with van der Waals surface area (Å²) < 4.78 is 12.9. The van der Waals surface area contributed by atoms with E-state index in [0.29, 0.717) is 11.4 Å². The molecule has 0 aromatic heterocycles. The average molecular weight is 406 g/mol. The third kappa shape index (κ3) is 6.85. The minimum atomic E-state index is -0.653. The molecule has 28 heavy (non-hydrogen) atoms. The second-order valence-electron chi connectivity index (χ2n) is 6.58. The molecule has 0 spiro atoms. The molecule has 2 aromatic carbocycles. The van der Waals surface area contributed by atoms with Crippen LogP contribution in [0.2, 0.25) is 5.02 Å². The molecule has 0 aliphatic carbocycles. The van der Waals surface area contributed by atoms with Crippen molar-refractivity contribution in [1.29, 1.82) is 0 Å². The van der Waals surface area contributed by atoms with Crippen molar-refractivity contribution in [2.45, 2.75) is 45.3 Å². The first-order chi connectivity index (χ1) is 13.4. The van der Waals surface area contributed by atoms with Crippen LogP contribution in [-0.4, -0.2) is 18.0 Å². The minimum absolute atomic E-state index is 0.241. The first-order valence-corrected chi connectivity index (χ1v) is 9.61. The van der Waals surface area contributed by atoms with Gasteiger partial charge in [0.25, 0.3) is 0 Å². The fourth-order valence-corrected chi connectivity index (χ4v) is 2.92. The monoisotopic (exact) mass is 405 g/mol. The van der Waals surface area contributed by atoms with Crippen molar-refractivity contribution < 1.29 is 14.0 Å². The Morgan fingerprint density at radius 2 is 1.82 bits per heavy atom. The Bertz CT molecular complexity index is 798. The van der Waals surface area contributed by atoms with Gasteiger partial charge in [-0.05, 0) is 48.7 Å². The van der Waals surface area contributed by atoms with Crippen LogP contribution in [0.1, 0.15) is 43.9 Å². The van der Waals surface area contributed by atoms with E-state index in [1.54, 1.807) is 24.3 Å². The fourth-order valence-electron chi connectivity index (χ4n) is 2.72. The highest BCUT2D eigenvalue weighted by atomic mass is 35.5. The number of urea groups is 1. The third-order valence-corrected chi connectivity index (χ3v) is 4.51. The molecular formula is C21H25ClFN3O2. The summed E-state index contributed by atoms with van der Waals surface area (Å²) in [5.41, 5.74) is 1.65. The SMILES string of the molecule is CCC[C@H](NC(=O)NCc1ccc(F)cc1)C(=O)N[C@@H](C)c1cccc(Cl)c1. The molecule has 0 bridgehead atoms. The Morgan fingerprint density at radius 3 is 2.46 bits per heavy atom. The van der Waals surface area contributed by atoms with Gasteiger partial charge in [-0.15, -0.1) is 0 Å². The largest absolute Gasteiger partial charge is 0.348 e. The zero-order valence-corrected chi connectivity index (χ0v) is 16.7. The van der Waals surface area contributed by atoms with Gasteiger partial charge in [0.05, 0.1) is 6.04 Å². The number of amides is 3. The average Bonchev–Trinajstić information content (AvgIpc) is 2.67. The van der Waals surface area contributed by atoms with Crippen LogP contribution in [0.5, 0.6) is 0 Å². The van der Waals surface area contributed by atoms with Gasteiger partial charge in [-0.1, -0.05) is 49.2 Å². The van der Waals surface area contributed by atoms with Gasteiger partial charge in [-0.2, -0.15) is 0 Å². The van der Waals surface area contributed by atoms with E-state index in [0.717, 1.165) is 17.5 Å². The molecule has 2 aromatic rings. The third-order valence-electron chi connectivity index (χ3n) is 4.27. The van der Waals surface area contributed by atoms with Crippen molar-refractivity contribution >= 4 is 23.5 Å². The predicted octanol–water partition coefficient (Wildman–Crippen LogP) is 4.32. The van der Waals surface area contributed by atoms with Crippen LogP contribution in [0.15, 0.2) is 48.5 Å². The molecule has 0 fully saturated rings. The number of carbonyl (C=O) groups is 2. The van der Waals surface area contributed by atoms with Crippen LogP contribution in [0.3, 0.4) is 0 Å². The number of rotatable bonds is 8. The maximum atomic E-state index is 12.9. The van der Waals surface area contributed by atoms with Crippen LogP contribution >= 0.6 is 11.6 Å². The molecule has 7 heteroatoms. The Hall–Kier alpha value is -2.60. The number of nitrogens with one attached hydrogen (secondary N) is 3. The molecule has 0 heterocycles. The summed E-state index contributed by atoms with van der Waals surface area (Å²) in [6.07, 6.45) is 1.25. The molecule has 0 saturated carbocycles. The van der Waals surface area contributed by atoms with Gasteiger partial charge in [-0.3, -0.25) is 4.79 Å². The lowest BCUT2D eigenvalue weighted by atomic mass is 10.1. The standard InChI is InChI=1S/C21H25ClFN3O2/c1-3-5-19(20(27)25-14(2)16-6-4-7-17(22)12-16)26-21(28)24-13-15-8-10-18(23)11-9-15/h4,6-12,14,19H,3,5,13H2,1-2H3,(H,25,27)(H2,24,26,28)/t14-,19-/m0/s1. The zero-order valence-electron chi connectivity index (χ0n) is 16.0. The molecule has 5 nitrogen and oxygen atoms in total. The van der Waals surface area contributed by atoms with Crippen LogP contribution in [0.4, 0.5) is 9.18 Å². The normalized spacial score (nSPS) is 12.7. The van der Waals surface area contributed by atoms with Gasteiger partial charge < -0.3 is 16.0 Å². The van der Waals surface area contributed by atoms with E-state index >= 15 is 0 Å². The summed E-state index contributed by atoms with van der Waals surface area (Å²) in [5, 5.41) is 8.90. The maximum Gasteiger partial charge on any atom is 0.315 e. The van der Waals surface area contributed by atoms with Crippen LogP contribution in [-0.2, 0) is 11.3 Å². The molecule has 0 aliphatic rings. The van der Waals surface area contributed by atoms with E-state index < -0.39 is 12.1 Å². The Kier molecular flexibility index (Phi) is 8.26. The summed E-state index contributed by atoms with van der Waals surface area (Å²) in [6.45, 7) is 4.05. The highest BCUT2D eigenvalue weighted by molar-refractivity contribution is 6.30. The van der Waals surface area contributed by atoms with Crippen molar-refractivity contribution in [3.63, 3.8) is 0 Å². The molecule has 150 valence electrons. The fraction of sp³-hybridized carbons (Fsp3) is 0.333. The van der Waals surface area contributed by atoms with Crippen molar-refractivity contribution in [2.75, 3.05) is 0 Å². The van der Waals surface area contributed by atoms with E-state index in [-0.39, 0.29) is 24.3 Å². The summed E-state index contributed by atoms with van der Waals surface area (Å²) in [6, 6.07) is 11.8. The lowest BCUT2D eigenvalue weighted by Gasteiger charge is -2.21. The summed E-state index contributed by atoms with van der Waals surface area (Å²) >= 11 is 6.00. The lowest BCUT2D eigenvalue weighted by Crippen LogP contribution is -2.50. The summed E-state index contributed by atoms with van der Waals surface area (Å²) in [4.78, 5) is 24.8. The van der Waals surface area contributed by atoms with E-state index in [1.807, 2.05) is 26.0 Å². The van der Waals surface area contributed by atoms with Gasteiger partial charge >= 0.3 is 6.03 Å².